The molecule has 3 rings (SSSR count). The lowest BCUT2D eigenvalue weighted by Gasteiger charge is -1.92. The van der Waals surface area contributed by atoms with Crippen molar-refractivity contribution in [3.63, 3.8) is 0 Å². The highest BCUT2D eigenvalue weighted by atomic mass is 19.1. The van der Waals surface area contributed by atoms with E-state index in [0.717, 1.165) is 28.0 Å². The molecule has 0 bridgehead atoms. The lowest BCUT2D eigenvalue weighted by atomic mass is 10.1. The van der Waals surface area contributed by atoms with Crippen molar-refractivity contribution in [1.82, 2.24) is 9.97 Å². The molecule has 2 aromatic carbocycles. The summed E-state index contributed by atoms with van der Waals surface area (Å²) in [4.78, 5) is 7.55. The minimum Gasteiger partial charge on any atom is -0.341 e. The van der Waals surface area contributed by atoms with Crippen LogP contribution in [0.2, 0.25) is 0 Å². The van der Waals surface area contributed by atoms with Gasteiger partial charge in [0.2, 0.25) is 0 Å². The number of para-hydroxylation sites is 1. The van der Waals surface area contributed by atoms with Crippen molar-refractivity contribution >= 4 is 11.0 Å². The second kappa shape index (κ2) is 5.16. The number of rotatable bonds is 1. The summed E-state index contributed by atoms with van der Waals surface area (Å²) >= 11 is 0. The second-order valence-corrected chi connectivity index (χ2v) is 4.35. The molecule has 0 amide bonds. The van der Waals surface area contributed by atoms with E-state index in [1.165, 1.54) is 12.1 Å². The molecule has 98 valence electrons. The van der Waals surface area contributed by atoms with Crippen LogP contribution in [0.3, 0.4) is 0 Å². The number of H-pyrrole nitrogens is 1. The third kappa shape index (κ3) is 2.40. The molecule has 20 heavy (non-hydrogen) atoms. The van der Waals surface area contributed by atoms with Gasteiger partial charge in [-0.25, -0.2) is 9.37 Å². The molecule has 0 atom stereocenters. The molecule has 0 saturated carbocycles. The summed E-state index contributed by atoms with van der Waals surface area (Å²) in [6.45, 7) is 0.361. The first-order valence-electron chi connectivity index (χ1n) is 6.21. The number of aromatic nitrogens is 2. The summed E-state index contributed by atoms with van der Waals surface area (Å²) in [5.74, 6) is 6.54. The van der Waals surface area contributed by atoms with Gasteiger partial charge in [-0.15, -0.1) is 0 Å². The van der Waals surface area contributed by atoms with Gasteiger partial charge in [0.15, 0.2) is 0 Å². The fraction of sp³-hybridized carbons (Fsp3) is 0.0625. The van der Waals surface area contributed by atoms with E-state index in [0.29, 0.717) is 6.54 Å². The normalized spacial score (nSPS) is 10.3. The fourth-order valence-electron chi connectivity index (χ4n) is 1.95. The topological polar surface area (TPSA) is 54.7 Å². The Kier molecular flexibility index (Phi) is 3.20. The summed E-state index contributed by atoms with van der Waals surface area (Å²) < 4.78 is 12.8. The van der Waals surface area contributed by atoms with Crippen LogP contribution in [0.25, 0.3) is 11.0 Å². The quantitative estimate of drug-likeness (QED) is 0.664. The molecule has 0 aliphatic rings. The number of nitrogens with two attached hydrogens (primary N) is 1. The average Bonchev–Trinajstić information content (AvgIpc) is 2.90. The van der Waals surface area contributed by atoms with E-state index in [1.54, 1.807) is 12.1 Å². The zero-order valence-electron chi connectivity index (χ0n) is 10.7. The van der Waals surface area contributed by atoms with Crippen LogP contribution < -0.4 is 5.73 Å². The maximum absolute atomic E-state index is 12.8. The first-order valence-corrected chi connectivity index (χ1v) is 6.21. The van der Waals surface area contributed by atoms with Crippen molar-refractivity contribution < 1.29 is 4.39 Å². The number of imidazole rings is 1. The molecule has 1 heterocycles. The third-order valence-corrected chi connectivity index (χ3v) is 2.94. The van der Waals surface area contributed by atoms with Gasteiger partial charge in [-0.05, 0) is 36.4 Å². The Balaban J connectivity index is 2.03. The monoisotopic (exact) mass is 265 g/mol. The van der Waals surface area contributed by atoms with E-state index >= 15 is 0 Å². The van der Waals surface area contributed by atoms with Crippen LogP contribution in [0.1, 0.15) is 17.0 Å². The minimum atomic E-state index is -0.266. The van der Waals surface area contributed by atoms with Gasteiger partial charge in [0.1, 0.15) is 17.2 Å². The van der Waals surface area contributed by atoms with E-state index in [2.05, 4.69) is 21.8 Å². The molecular formula is C16H12FN3. The lowest BCUT2D eigenvalue weighted by molar-refractivity contribution is 0.627. The molecule has 0 fully saturated rings. The second-order valence-electron chi connectivity index (χ2n) is 4.35. The summed E-state index contributed by atoms with van der Waals surface area (Å²) in [6, 6.07) is 11.8. The summed E-state index contributed by atoms with van der Waals surface area (Å²) in [7, 11) is 0. The predicted octanol–water partition coefficient (Wildman–Crippen LogP) is 2.56. The largest absolute Gasteiger partial charge is 0.341 e. The van der Waals surface area contributed by atoms with Crippen LogP contribution in [-0.2, 0) is 6.54 Å². The van der Waals surface area contributed by atoms with Gasteiger partial charge in [0, 0.05) is 5.56 Å². The first kappa shape index (κ1) is 12.4. The Hall–Kier alpha value is -2.64. The molecule has 3 N–H and O–H groups in total. The predicted molar refractivity (Wildman–Crippen MR) is 76.4 cm³/mol. The van der Waals surface area contributed by atoms with Crippen LogP contribution in [-0.4, -0.2) is 9.97 Å². The number of fused-ring (bicyclic) bond motifs is 1. The molecule has 0 spiro atoms. The van der Waals surface area contributed by atoms with E-state index in [4.69, 9.17) is 5.73 Å². The van der Waals surface area contributed by atoms with E-state index in [1.807, 2.05) is 18.2 Å². The van der Waals surface area contributed by atoms with Crippen LogP contribution in [0.4, 0.5) is 4.39 Å². The Morgan fingerprint density at radius 3 is 2.65 bits per heavy atom. The summed E-state index contributed by atoms with van der Waals surface area (Å²) in [5.41, 5.74) is 8.88. The van der Waals surface area contributed by atoms with Gasteiger partial charge in [-0.1, -0.05) is 17.9 Å². The Bertz CT molecular complexity index is 807. The maximum atomic E-state index is 12.8. The first-order chi connectivity index (χ1) is 9.76. The Labute approximate surface area is 115 Å². The zero-order chi connectivity index (χ0) is 13.9. The van der Waals surface area contributed by atoms with E-state index < -0.39 is 0 Å². The standard InChI is InChI=1S/C16H12FN3/c17-13-8-5-11(6-9-13)4-7-12-2-1-3-14-16(12)20-15(10-18)19-14/h1-3,5-6,8-9H,10,18H2,(H,19,20). The highest BCUT2D eigenvalue weighted by molar-refractivity contribution is 5.82. The van der Waals surface area contributed by atoms with Crippen LogP contribution >= 0.6 is 0 Å². The maximum Gasteiger partial charge on any atom is 0.123 e. The van der Waals surface area contributed by atoms with Crippen molar-refractivity contribution in [2.24, 2.45) is 5.73 Å². The fourth-order valence-corrected chi connectivity index (χ4v) is 1.95. The lowest BCUT2D eigenvalue weighted by Crippen LogP contribution is -1.97. The van der Waals surface area contributed by atoms with E-state index in [9.17, 15) is 4.39 Å². The summed E-state index contributed by atoms with van der Waals surface area (Å²) in [6.07, 6.45) is 0. The smallest absolute Gasteiger partial charge is 0.123 e. The molecule has 0 saturated heterocycles. The van der Waals surface area contributed by atoms with Gasteiger partial charge in [-0.2, -0.15) is 0 Å². The van der Waals surface area contributed by atoms with Gasteiger partial charge in [0.25, 0.3) is 0 Å². The highest BCUT2D eigenvalue weighted by Gasteiger charge is 2.04. The number of nitrogens with one attached hydrogen (secondary N) is 1. The third-order valence-electron chi connectivity index (χ3n) is 2.94. The number of halogens is 1. The SMILES string of the molecule is NCc1nc2c(C#Cc3ccc(F)cc3)cccc2[nH]1. The Morgan fingerprint density at radius 2 is 1.90 bits per heavy atom. The molecule has 3 aromatic rings. The summed E-state index contributed by atoms with van der Waals surface area (Å²) in [5, 5.41) is 0. The van der Waals surface area contributed by atoms with Crippen molar-refractivity contribution in [3.8, 4) is 11.8 Å². The number of aromatic amines is 1. The van der Waals surface area contributed by atoms with Crippen molar-refractivity contribution in [2.45, 2.75) is 6.54 Å². The molecule has 1 aromatic heterocycles. The van der Waals surface area contributed by atoms with Crippen LogP contribution in [0.5, 0.6) is 0 Å². The van der Waals surface area contributed by atoms with Gasteiger partial charge in [-0.3, -0.25) is 0 Å². The van der Waals surface area contributed by atoms with Gasteiger partial charge in [0.05, 0.1) is 17.6 Å². The molecular weight excluding hydrogens is 253 g/mol. The average molecular weight is 265 g/mol. The number of benzene rings is 2. The number of nitrogens with zero attached hydrogens (tertiary/aromatic N) is 1. The van der Waals surface area contributed by atoms with Crippen molar-refractivity contribution in [3.05, 3.63) is 65.2 Å². The number of hydrogen-bond acceptors (Lipinski definition) is 2. The van der Waals surface area contributed by atoms with Gasteiger partial charge < -0.3 is 10.7 Å². The van der Waals surface area contributed by atoms with Crippen LogP contribution in [0.15, 0.2) is 42.5 Å². The molecule has 0 aliphatic heterocycles. The Morgan fingerprint density at radius 1 is 1.10 bits per heavy atom. The molecule has 4 heteroatoms. The highest BCUT2D eigenvalue weighted by Crippen LogP contribution is 2.15. The van der Waals surface area contributed by atoms with Gasteiger partial charge >= 0.3 is 0 Å². The molecule has 0 aliphatic carbocycles. The molecule has 0 unspecified atom stereocenters. The van der Waals surface area contributed by atoms with Crippen molar-refractivity contribution in [1.29, 1.82) is 0 Å². The molecule has 3 nitrogen and oxygen atoms in total. The van der Waals surface area contributed by atoms with E-state index in [-0.39, 0.29) is 5.82 Å². The number of hydrogen-bond donors (Lipinski definition) is 2. The van der Waals surface area contributed by atoms with Crippen LogP contribution in [0, 0.1) is 17.7 Å². The zero-order valence-corrected chi connectivity index (χ0v) is 10.7. The van der Waals surface area contributed by atoms with Crippen molar-refractivity contribution in [2.75, 3.05) is 0 Å². The molecule has 0 radical (unpaired) electrons. The minimum absolute atomic E-state index is 0.266.